The molecular formula is C19H26ClNO4S. The molecule has 0 N–H and O–H groups in total. The van der Waals surface area contributed by atoms with Gasteiger partial charge < -0.3 is 0 Å². The fourth-order valence-electron chi connectivity index (χ4n) is 3.40. The number of aryl methyl sites for hydroxylation is 1. The first-order valence-corrected chi connectivity index (χ1v) is 11.0. The summed E-state index contributed by atoms with van der Waals surface area (Å²) < 4.78 is 36.5. The highest BCUT2D eigenvalue weighted by molar-refractivity contribution is 7.09. The Balaban J connectivity index is 0.000000431. The minimum Gasteiger partial charge on any atom is -0.222 e. The number of aromatic nitrogens is 1. The Morgan fingerprint density at radius 3 is 1.92 bits per heavy atom. The Bertz CT molecular complexity index is 705. The van der Waals surface area contributed by atoms with Gasteiger partial charge >= 0.3 is 0 Å². The summed E-state index contributed by atoms with van der Waals surface area (Å²) in [7, 11) is -4.94. The number of thiazole rings is 1. The van der Waals surface area contributed by atoms with E-state index in [2.05, 4.69) is 56.0 Å². The van der Waals surface area contributed by atoms with E-state index in [9.17, 15) is 0 Å². The molecule has 26 heavy (non-hydrogen) atoms. The molecule has 1 heterocycles. The maximum atomic E-state index is 8.49. The van der Waals surface area contributed by atoms with E-state index >= 15 is 0 Å². The van der Waals surface area contributed by atoms with Crippen molar-refractivity contribution in [3.8, 4) is 5.69 Å². The van der Waals surface area contributed by atoms with Crippen molar-refractivity contribution in [3.05, 3.63) is 45.4 Å². The molecule has 0 unspecified atom stereocenters. The van der Waals surface area contributed by atoms with Crippen LogP contribution in [0.25, 0.3) is 5.69 Å². The van der Waals surface area contributed by atoms with Gasteiger partial charge in [0.1, 0.15) is 0 Å². The van der Waals surface area contributed by atoms with E-state index in [4.69, 9.17) is 18.6 Å². The highest BCUT2D eigenvalue weighted by Crippen LogP contribution is 2.31. The van der Waals surface area contributed by atoms with Crippen LogP contribution in [-0.4, -0.2) is 0 Å². The van der Waals surface area contributed by atoms with E-state index in [1.807, 2.05) is 11.3 Å². The molecule has 1 aromatic carbocycles. The van der Waals surface area contributed by atoms with E-state index < -0.39 is 10.2 Å². The molecule has 1 aliphatic carbocycles. The van der Waals surface area contributed by atoms with Gasteiger partial charge in [0, 0.05) is 17.5 Å². The van der Waals surface area contributed by atoms with Gasteiger partial charge in [-0.15, -0.1) is 10.2 Å². The van der Waals surface area contributed by atoms with Crippen molar-refractivity contribution in [2.45, 2.75) is 65.2 Å². The highest BCUT2D eigenvalue weighted by Gasteiger charge is 2.29. The molecule has 0 fully saturated rings. The number of rotatable bonds is 3. The Morgan fingerprint density at radius 1 is 0.923 bits per heavy atom. The molecular weight excluding hydrogens is 374 g/mol. The van der Waals surface area contributed by atoms with E-state index in [0.29, 0.717) is 11.8 Å². The highest BCUT2D eigenvalue weighted by atomic mass is 35.7. The minimum absolute atomic E-state index is 0.561. The largest absolute Gasteiger partial charge is 0.231 e. The molecule has 0 saturated heterocycles. The van der Waals surface area contributed by atoms with E-state index in [1.165, 1.54) is 42.5 Å². The van der Waals surface area contributed by atoms with Gasteiger partial charge in [-0.1, -0.05) is 57.2 Å². The summed E-state index contributed by atoms with van der Waals surface area (Å²) in [6, 6.07) is 6.85. The summed E-state index contributed by atoms with van der Waals surface area (Å²) in [6.45, 7) is 9.23. The van der Waals surface area contributed by atoms with Crippen molar-refractivity contribution >= 4 is 11.3 Å². The number of fused-ring (bicyclic) bond motifs is 1. The predicted molar refractivity (Wildman–Crippen MR) is 90.7 cm³/mol. The lowest BCUT2D eigenvalue weighted by molar-refractivity contribution is -2.00. The van der Waals surface area contributed by atoms with Gasteiger partial charge in [-0.2, -0.15) is 4.57 Å². The zero-order chi connectivity index (χ0) is 19.5. The van der Waals surface area contributed by atoms with Crippen LogP contribution < -0.4 is 23.2 Å². The van der Waals surface area contributed by atoms with Crippen LogP contribution in [0.15, 0.2) is 23.7 Å². The van der Waals surface area contributed by atoms with Crippen LogP contribution in [0.2, 0.25) is 0 Å². The number of halogens is 1. The number of benzene rings is 1. The molecule has 0 amide bonds. The van der Waals surface area contributed by atoms with Crippen LogP contribution in [-0.2, 0) is 12.8 Å². The van der Waals surface area contributed by atoms with Crippen molar-refractivity contribution in [3.63, 3.8) is 0 Å². The topological polar surface area (TPSA) is 96.1 Å². The number of para-hydroxylation sites is 1. The predicted octanol–water partition coefficient (Wildman–Crippen LogP) is 0.394. The lowest BCUT2D eigenvalue weighted by Gasteiger charge is -2.17. The van der Waals surface area contributed by atoms with Crippen LogP contribution >= 0.6 is 11.3 Å². The third-order valence-corrected chi connectivity index (χ3v) is 5.60. The van der Waals surface area contributed by atoms with Gasteiger partial charge in [-0.3, -0.25) is 0 Å². The molecule has 0 atom stereocenters. The average molecular weight is 400 g/mol. The van der Waals surface area contributed by atoms with Gasteiger partial charge in [0.25, 0.3) is 0 Å². The summed E-state index contributed by atoms with van der Waals surface area (Å²) >= 11 is 1.95. The maximum Gasteiger partial charge on any atom is 0.231 e. The number of hydrogen-bond acceptors (Lipinski definition) is 5. The molecule has 0 aliphatic heterocycles. The number of hydrogen-bond donors (Lipinski definition) is 0. The Hall–Kier alpha value is -1.02. The second-order valence-electron chi connectivity index (χ2n) is 7.14. The molecule has 3 rings (SSSR count). The Morgan fingerprint density at radius 2 is 1.42 bits per heavy atom. The summed E-state index contributed by atoms with van der Waals surface area (Å²) in [6.07, 6.45) is 5.21. The average Bonchev–Trinajstić information content (AvgIpc) is 2.96. The zero-order valence-corrected chi connectivity index (χ0v) is 17.2. The van der Waals surface area contributed by atoms with Crippen molar-refractivity contribution in [2.75, 3.05) is 0 Å². The summed E-state index contributed by atoms with van der Waals surface area (Å²) in [4.78, 5) is 1.61. The SMILES string of the molecule is CC(C)c1cccc(C(C)C)c1-[n+]1csc2c1CCCC2.[O-][Cl+3]([O-])([O-])[O-]. The molecule has 0 saturated carbocycles. The van der Waals surface area contributed by atoms with Crippen molar-refractivity contribution in [1.82, 2.24) is 0 Å². The standard InChI is InChI=1S/C19H26NS.ClHO4/c1-13(2)15-8-7-9-16(14(3)4)19(15)20-12-21-18-11-6-5-10-17(18)20;2-1(3,4)5/h7-9,12-14H,5-6,10-11H2,1-4H3;(H,2,3,4,5)/q+1;/p-1. The van der Waals surface area contributed by atoms with E-state index in [0.717, 1.165) is 0 Å². The fourth-order valence-corrected chi connectivity index (χ4v) is 4.46. The van der Waals surface area contributed by atoms with Crippen molar-refractivity contribution in [1.29, 1.82) is 0 Å². The molecule has 0 bridgehead atoms. The third kappa shape index (κ3) is 5.49. The van der Waals surface area contributed by atoms with Crippen LogP contribution in [0.3, 0.4) is 0 Å². The smallest absolute Gasteiger partial charge is 0.222 e. The monoisotopic (exact) mass is 399 g/mol. The van der Waals surface area contributed by atoms with Crippen LogP contribution in [0, 0.1) is 10.2 Å². The lowest BCUT2D eigenvalue weighted by atomic mass is 9.92. The number of nitrogens with zero attached hydrogens (tertiary/aromatic N) is 1. The summed E-state index contributed by atoms with van der Waals surface area (Å²) in [5, 5.41) is 0. The Labute approximate surface area is 161 Å². The van der Waals surface area contributed by atoms with Gasteiger partial charge in [0.15, 0.2) is 0 Å². The molecule has 7 heteroatoms. The molecule has 1 aromatic heterocycles. The first-order chi connectivity index (χ1) is 12.1. The van der Waals surface area contributed by atoms with E-state index in [1.54, 1.807) is 10.6 Å². The van der Waals surface area contributed by atoms with Crippen LogP contribution in [0.5, 0.6) is 0 Å². The second-order valence-corrected chi connectivity index (χ2v) is 8.84. The lowest BCUT2D eigenvalue weighted by Crippen LogP contribution is -2.68. The first kappa shape index (κ1) is 21.3. The van der Waals surface area contributed by atoms with Gasteiger partial charge in [0.05, 0.1) is 4.88 Å². The summed E-state index contributed by atoms with van der Waals surface area (Å²) in [5.74, 6) is 1.12. The second kappa shape index (κ2) is 8.78. The van der Waals surface area contributed by atoms with Crippen molar-refractivity contribution in [2.24, 2.45) is 0 Å². The molecule has 5 nitrogen and oxygen atoms in total. The fraction of sp³-hybridized carbons (Fsp3) is 0.526. The maximum absolute atomic E-state index is 8.49. The van der Waals surface area contributed by atoms with Crippen LogP contribution in [0.4, 0.5) is 0 Å². The van der Waals surface area contributed by atoms with E-state index in [-0.39, 0.29) is 0 Å². The minimum atomic E-state index is -4.94. The normalized spacial score (nSPS) is 14.2. The van der Waals surface area contributed by atoms with Gasteiger partial charge in [0.2, 0.25) is 16.9 Å². The quantitative estimate of drug-likeness (QED) is 0.697. The molecule has 1 aliphatic rings. The van der Waals surface area contributed by atoms with Crippen LogP contribution in [0.1, 0.15) is 74.1 Å². The molecule has 0 spiro atoms. The molecule has 0 radical (unpaired) electrons. The van der Waals surface area contributed by atoms with Gasteiger partial charge in [-0.05, 0) is 31.1 Å². The molecule has 144 valence electrons. The zero-order valence-electron chi connectivity index (χ0n) is 15.7. The summed E-state index contributed by atoms with van der Waals surface area (Å²) in [5.41, 5.74) is 8.35. The molecule has 2 aromatic rings. The van der Waals surface area contributed by atoms with Crippen molar-refractivity contribution < 1.29 is 33.4 Å². The Kier molecular flexibility index (Phi) is 7.19. The van der Waals surface area contributed by atoms with Gasteiger partial charge in [-0.25, -0.2) is 18.6 Å². The third-order valence-electron chi connectivity index (χ3n) is 4.56. The first-order valence-electron chi connectivity index (χ1n) is 8.85.